The van der Waals surface area contributed by atoms with E-state index in [1.54, 1.807) is 21.6 Å². The third-order valence-electron chi connectivity index (χ3n) is 4.73. The van der Waals surface area contributed by atoms with Crippen LogP contribution in [0, 0.1) is 0 Å². The smallest absolute Gasteiger partial charge is 0.410 e. The summed E-state index contributed by atoms with van der Waals surface area (Å²) in [5.41, 5.74) is 0.544. The average molecular weight is 388 g/mol. The molecule has 0 bridgehead atoms. The Hall–Kier alpha value is -2.35. The maximum atomic E-state index is 12.3. The molecule has 0 aromatic rings. The van der Waals surface area contributed by atoms with Crippen molar-refractivity contribution in [2.24, 2.45) is 0 Å². The van der Waals surface area contributed by atoms with Crippen LogP contribution in [0.2, 0.25) is 0 Å². The minimum atomic E-state index is -0.476. The first-order valence-corrected chi connectivity index (χ1v) is 9.92. The number of piperazine rings is 1. The second kappa shape index (κ2) is 6.67. The molecule has 4 heterocycles. The van der Waals surface area contributed by atoms with Gasteiger partial charge in [-0.15, -0.1) is 0 Å². The highest BCUT2D eigenvalue weighted by Crippen LogP contribution is 2.44. The van der Waals surface area contributed by atoms with Crippen molar-refractivity contribution in [1.29, 1.82) is 0 Å². The molecule has 0 saturated carbocycles. The number of thioether (sulfide) groups is 1. The zero-order valence-electron chi connectivity index (χ0n) is 15.8. The molecule has 1 saturated heterocycles. The molecule has 0 spiro atoms. The predicted molar refractivity (Wildman–Crippen MR) is 104 cm³/mol. The minimum absolute atomic E-state index is 0.0631. The van der Waals surface area contributed by atoms with Crippen molar-refractivity contribution in [3.05, 3.63) is 46.3 Å². The zero-order valence-corrected chi connectivity index (χ0v) is 16.6. The Bertz CT molecular complexity index is 772. The lowest BCUT2D eigenvalue weighted by Gasteiger charge is -2.41. The van der Waals surface area contributed by atoms with E-state index in [1.807, 2.05) is 39.1 Å². The minimum Gasteiger partial charge on any atom is -0.444 e. The second-order valence-corrected chi connectivity index (χ2v) is 8.86. The average Bonchev–Trinajstić information content (AvgIpc) is 3.00. The molecular formula is C19H24N4O3S. The van der Waals surface area contributed by atoms with E-state index in [9.17, 15) is 9.59 Å². The molecule has 0 aromatic carbocycles. The standard InChI is InChI=1S/C19H24N4O3S/c1-19(2,3)26-18(25)21-9-7-20(8-10-21)17-11-14-12-22(13-24)15-5-4-6-16(27-17)23(14)15/h4-6,11-13,15H,7-10H2,1-3H3. The highest BCUT2D eigenvalue weighted by molar-refractivity contribution is 8.06. The fourth-order valence-electron chi connectivity index (χ4n) is 3.48. The molecule has 8 heteroatoms. The number of allylic oxidation sites excluding steroid dienone is 3. The summed E-state index contributed by atoms with van der Waals surface area (Å²) in [5, 5.41) is 2.26. The van der Waals surface area contributed by atoms with Crippen molar-refractivity contribution in [3.8, 4) is 0 Å². The van der Waals surface area contributed by atoms with E-state index in [2.05, 4.69) is 22.0 Å². The van der Waals surface area contributed by atoms with Crippen LogP contribution in [0.3, 0.4) is 0 Å². The molecule has 0 N–H and O–H groups in total. The van der Waals surface area contributed by atoms with Gasteiger partial charge < -0.3 is 19.4 Å². The number of carbonyl (C=O) groups excluding carboxylic acids is 2. The molecule has 4 rings (SSSR count). The number of hydrogen-bond acceptors (Lipinski definition) is 6. The van der Waals surface area contributed by atoms with Crippen LogP contribution >= 0.6 is 11.8 Å². The normalized spacial score (nSPS) is 24.3. The SMILES string of the molecule is CC(C)(C)OC(=O)N1CCN(C2=CC3=CN(C=O)C4C=CC=C(S2)N34)CC1. The van der Waals surface area contributed by atoms with Crippen LogP contribution < -0.4 is 0 Å². The van der Waals surface area contributed by atoms with Gasteiger partial charge in [0.25, 0.3) is 0 Å². The molecule has 4 aliphatic heterocycles. The van der Waals surface area contributed by atoms with Crippen LogP contribution in [0.4, 0.5) is 4.79 Å². The Morgan fingerprint density at radius 3 is 2.63 bits per heavy atom. The summed E-state index contributed by atoms with van der Waals surface area (Å²) in [5.74, 6) is 0. The van der Waals surface area contributed by atoms with Crippen LogP contribution in [0.5, 0.6) is 0 Å². The van der Waals surface area contributed by atoms with E-state index < -0.39 is 5.60 Å². The van der Waals surface area contributed by atoms with Crippen molar-refractivity contribution in [2.75, 3.05) is 26.2 Å². The maximum absolute atomic E-state index is 12.3. The van der Waals surface area contributed by atoms with Crippen molar-refractivity contribution >= 4 is 24.3 Å². The van der Waals surface area contributed by atoms with Crippen LogP contribution in [-0.2, 0) is 9.53 Å². The predicted octanol–water partition coefficient (Wildman–Crippen LogP) is 2.48. The summed E-state index contributed by atoms with van der Waals surface area (Å²) in [7, 11) is 0. The van der Waals surface area contributed by atoms with Crippen LogP contribution in [0.15, 0.2) is 46.3 Å². The van der Waals surface area contributed by atoms with Gasteiger partial charge in [-0.2, -0.15) is 0 Å². The molecule has 27 heavy (non-hydrogen) atoms. The first kappa shape index (κ1) is 18.0. The summed E-state index contributed by atoms with van der Waals surface area (Å²) in [4.78, 5) is 31.5. The molecule has 2 amide bonds. The van der Waals surface area contributed by atoms with Gasteiger partial charge in [-0.3, -0.25) is 9.69 Å². The number of rotatable bonds is 2. The van der Waals surface area contributed by atoms with Gasteiger partial charge in [0, 0.05) is 32.4 Å². The quantitative estimate of drug-likeness (QED) is 0.678. The number of nitrogens with zero attached hydrogens (tertiary/aromatic N) is 4. The Balaban J connectivity index is 1.45. The molecule has 0 aliphatic carbocycles. The molecule has 7 nitrogen and oxygen atoms in total. The third-order valence-corrected chi connectivity index (χ3v) is 5.86. The third kappa shape index (κ3) is 3.45. The van der Waals surface area contributed by atoms with Gasteiger partial charge in [0.15, 0.2) is 0 Å². The van der Waals surface area contributed by atoms with E-state index in [0.29, 0.717) is 13.1 Å². The monoisotopic (exact) mass is 388 g/mol. The summed E-state index contributed by atoms with van der Waals surface area (Å²) in [6.07, 6.45) is 10.7. The number of carbonyl (C=O) groups is 2. The van der Waals surface area contributed by atoms with Crippen molar-refractivity contribution < 1.29 is 14.3 Å². The fourth-order valence-corrected chi connectivity index (χ4v) is 4.64. The van der Waals surface area contributed by atoms with E-state index in [1.165, 1.54) is 0 Å². The Morgan fingerprint density at radius 2 is 1.96 bits per heavy atom. The Kier molecular flexibility index (Phi) is 4.46. The summed E-state index contributed by atoms with van der Waals surface area (Å²) >= 11 is 1.71. The van der Waals surface area contributed by atoms with Gasteiger partial charge in [0.05, 0.1) is 15.8 Å². The van der Waals surface area contributed by atoms with Gasteiger partial charge in [0.2, 0.25) is 6.41 Å². The van der Waals surface area contributed by atoms with Gasteiger partial charge in [0.1, 0.15) is 11.8 Å². The second-order valence-electron chi connectivity index (χ2n) is 7.82. The van der Waals surface area contributed by atoms with E-state index >= 15 is 0 Å². The first-order valence-electron chi connectivity index (χ1n) is 9.10. The lowest BCUT2D eigenvalue weighted by molar-refractivity contribution is -0.117. The van der Waals surface area contributed by atoms with E-state index in [-0.39, 0.29) is 12.3 Å². The molecule has 0 radical (unpaired) electrons. The maximum Gasteiger partial charge on any atom is 0.410 e. The van der Waals surface area contributed by atoms with E-state index in [4.69, 9.17) is 4.74 Å². The number of hydrogen-bond donors (Lipinski definition) is 0. The van der Waals surface area contributed by atoms with Crippen LogP contribution in [0.1, 0.15) is 20.8 Å². The summed E-state index contributed by atoms with van der Waals surface area (Å²) in [6.45, 7) is 8.44. The molecule has 1 fully saturated rings. The lowest BCUT2D eigenvalue weighted by atomic mass is 10.2. The Labute approximate surface area is 163 Å². The zero-order chi connectivity index (χ0) is 19.2. The molecule has 0 aromatic heterocycles. The van der Waals surface area contributed by atoms with Gasteiger partial charge in [-0.05, 0) is 39.0 Å². The van der Waals surface area contributed by atoms with Gasteiger partial charge in [-0.25, -0.2) is 4.79 Å². The van der Waals surface area contributed by atoms with Crippen molar-refractivity contribution in [1.82, 2.24) is 19.6 Å². The van der Waals surface area contributed by atoms with Gasteiger partial charge in [-0.1, -0.05) is 17.8 Å². The highest BCUT2D eigenvalue weighted by Gasteiger charge is 2.38. The largest absolute Gasteiger partial charge is 0.444 e. The molecular weight excluding hydrogens is 364 g/mol. The first-order chi connectivity index (χ1) is 12.9. The molecule has 144 valence electrons. The highest BCUT2D eigenvalue weighted by atomic mass is 32.2. The lowest BCUT2D eigenvalue weighted by Crippen LogP contribution is -2.49. The molecule has 1 atom stereocenters. The summed E-state index contributed by atoms with van der Waals surface area (Å²) in [6, 6.07) is 0. The molecule has 4 aliphatic rings. The van der Waals surface area contributed by atoms with Crippen LogP contribution in [-0.4, -0.2) is 70.0 Å². The summed E-state index contributed by atoms with van der Waals surface area (Å²) < 4.78 is 5.47. The number of ether oxygens (including phenoxy) is 1. The van der Waals surface area contributed by atoms with Crippen LogP contribution in [0.25, 0.3) is 0 Å². The van der Waals surface area contributed by atoms with Crippen molar-refractivity contribution in [3.63, 3.8) is 0 Å². The van der Waals surface area contributed by atoms with E-state index in [0.717, 1.165) is 35.3 Å². The Morgan fingerprint density at radius 1 is 1.22 bits per heavy atom. The number of amides is 2. The molecule has 1 unspecified atom stereocenters. The fraction of sp³-hybridized carbons (Fsp3) is 0.474. The van der Waals surface area contributed by atoms with Crippen molar-refractivity contribution in [2.45, 2.75) is 32.5 Å². The topological polar surface area (TPSA) is 56.3 Å². The van der Waals surface area contributed by atoms with Gasteiger partial charge >= 0.3 is 6.09 Å².